The molecule has 1 aromatic carbocycles. The van der Waals surface area contributed by atoms with Gasteiger partial charge in [0.1, 0.15) is 0 Å². The third kappa shape index (κ3) is 7.79. The number of hydrogen-bond donors (Lipinski definition) is 0. The molecule has 0 N–H and O–H groups in total. The highest BCUT2D eigenvalue weighted by molar-refractivity contribution is 5.30. The number of benzene rings is 1. The molecule has 3 nitrogen and oxygen atoms in total. The highest BCUT2D eigenvalue weighted by Gasteiger charge is 2.31. The van der Waals surface area contributed by atoms with E-state index >= 15 is 0 Å². The topological polar surface area (TPSA) is 3.24 Å². The largest absolute Gasteiger partial charge is 1.00 e. The van der Waals surface area contributed by atoms with Crippen molar-refractivity contribution in [3.63, 3.8) is 0 Å². The zero-order valence-electron chi connectivity index (χ0n) is 20.0. The molecule has 2 saturated heterocycles. The van der Waals surface area contributed by atoms with Crippen LogP contribution in [0, 0.1) is 0 Å². The highest BCUT2D eigenvalue weighted by Crippen LogP contribution is 2.26. The summed E-state index contributed by atoms with van der Waals surface area (Å²) >= 11 is 0. The van der Waals surface area contributed by atoms with E-state index in [0.717, 1.165) is 6.04 Å². The number of piperidine rings is 2. The van der Waals surface area contributed by atoms with Gasteiger partial charge in [-0.3, -0.25) is 4.90 Å². The van der Waals surface area contributed by atoms with Crippen LogP contribution in [0.1, 0.15) is 56.1 Å². The van der Waals surface area contributed by atoms with E-state index in [0.29, 0.717) is 0 Å². The third-order valence-electron chi connectivity index (χ3n) is 8.48. The molecule has 2 aliphatic heterocycles. The van der Waals surface area contributed by atoms with Crippen molar-refractivity contribution in [1.29, 1.82) is 0 Å². The molecule has 3 aliphatic rings. The number of nitrogens with zero attached hydrogens (tertiary/aromatic N) is 3. The lowest BCUT2D eigenvalue weighted by molar-refractivity contribution is -0.916. The van der Waals surface area contributed by atoms with Gasteiger partial charge in [-0.1, -0.05) is 24.3 Å². The standard InChI is InChI=1S/C26H45N3.2HI/c1-28(17-7-3-8-18-28)21-15-27(16-22-29(2)19-9-4-10-20-29)26-14-13-24-11-5-6-12-25(24)23-26;;/h5-6,11-12,26H,3-4,7-10,13-23H2,1-2H3;2*1H/q+2;;/p-2. The Bertz CT molecular complexity index is 626. The van der Waals surface area contributed by atoms with Gasteiger partial charge in [0.25, 0.3) is 0 Å². The summed E-state index contributed by atoms with van der Waals surface area (Å²) in [6.07, 6.45) is 12.5. The van der Waals surface area contributed by atoms with Gasteiger partial charge in [-0.05, 0) is 68.9 Å². The minimum atomic E-state index is 0. The second kappa shape index (κ2) is 12.9. The van der Waals surface area contributed by atoms with Gasteiger partial charge >= 0.3 is 0 Å². The number of likely N-dealkylation sites (tertiary alicyclic amines) is 2. The van der Waals surface area contributed by atoms with Crippen LogP contribution in [0.25, 0.3) is 0 Å². The summed E-state index contributed by atoms with van der Waals surface area (Å²) in [5, 5.41) is 0. The molecule has 2 heterocycles. The molecule has 178 valence electrons. The Balaban J connectivity index is 0.00000171. The van der Waals surface area contributed by atoms with Gasteiger partial charge in [0.15, 0.2) is 0 Å². The average molecular weight is 653 g/mol. The molecule has 1 unspecified atom stereocenters. The summed E-state index contributed by atoms with van der Waals surface area (Å²) in [7, 11) is 5.04. The third-order valence-corrected chi connectivity index (χ3v) is 8.48. The molecule has 0 spiro atoms. The first kappa shape index (κ1) is 27.8. The summed E-state index contributed by atoms with van der Waals surface area (Å²) in [6, 6.07) is 9.95. The fourth-order valence-electron chi connectivity index (χ4n) is 6.21. The number of fused-ring (bicyclic) bond motifs is 1. The number of likely N-dealkylation sites (N-methyl/N-ethyl adjacent to an activating group) is 2. The summed E-state index contributed by atoms with van der Waals surface area (Å²) in [6.45, 7) is 10.9. The number of hydrogen-bond acceptors (Lipinski definition) is 1. The lowest BCUT2D eigenvalue weighted by Crippen LogP contribution is -3.00. The van der Waals surface area contributed by atoms with Crippen LogP contribution in [0.5, 0.6) is 0 Å². The van der Waals surface area contributed by atoms with Crippen LogP contribution in [0.15, 0.2) is 24.3 Å². The number of aryl methyl sites for hydroxylation is 1. The Morgan fingerprint density at radius 3 is 1.74 bits per heavy atom. The van der Waals surface area contributed by atoms with E-state index < -0.39 is 0 Å². The fourth-order valence-corrected chi connectivity index (χ4v) is 6.21. The lowest BCUT2D eigenvalue weighted by Gasteiger charge is -2.43. The van der Waals surface area contributed by atoms with Gasteiger partial charge in [0.05, 0.1) is 53.4 Å². The Labute approximate surface area is 226 Å². The van der Waals surface area contributed by atoms with E-state index in [1.807, 2.05) is 0 Å². The van der Waals surface area contributed by atoms with E-state index in [2.05, 4.69) is 43.3 Å². The minimum Gasteiger partial charge on any atom is -1.00 e. The Morgan fingerprint density at radius 1 is 0.742 bits per heavy atom. The van der Waals surface area contributed by atoms with Gasteiger partial charge in [0, 0.05) is 19.1 Å². The van der Waals surface area contributed by atoms with Crippen LogP contribution in [0.3, 0.4) is 0 Å². The Morgan fingerprint density at radius 2 is 1.23 bits per heavy atom. The van der Waals surface area contributed by atoms with Gasteiger partial charge in [-0.2, -0.15) is 0 Å². The number of halogens is 2. The fraction of sp³-hybridized carbons (Fsp3) is 0.769. The molecule has 1 atom stereocenters. The minimum absolute atomic E-state index is 0. The molecular formula is C26H45I2N3. The van der Waals surface area contributed by atoms with Crippen LogP contribution in [0.4, 0.5) is 0 Å². The van der Waals surface area contributed by atoms with Crippen LogP contribution >= 0.6 is 0 Å². The number of rotatable bonds is 7. The van der Waals surface area contributed by atoms with E-state index in [9.17, 15) is 0 Å². The molecular weight excluding hydrogens is 608 g/mol. The van der Waals surface area contributed by atoms with Crippen LogP contribution in [-0.4, -0.2) is 86.4 Å². The average Bonchev–Trinajstić information content (AvgIpc) is 2.74. The van der Waals surface area contributed by atoms with Crippen LogP contribution in [-0.2, 0) is 12.8 Å². The van der Waals surface area contributed by atoms with Crippen molar-refractivity contribution in [3.8, 4) is 0 Å². The molecule has 1 aliphatic carbocycles. The zero-order valence-corrected chi connectivity index (χ0v) is 24.3. The molecule has 2 fully saturated rings. The molecule has 0 aromatic heterocycles. The Hall–Kier alpha value is 0.560. The SMILES string of the molecule is C[N+]1(CCN(CC[N+]2(C)CCCCC2)C2CCc3ccccc3C2)CCCCC1.[I-].[I-]. The van der Waals surface area contributed by atoms with E-state index in [1.165, 1.54) is 119 Å². The second-order valence-corrected chi connectivity index (χ2v) is 10.9. The van der Waals surface area contributed by atoms with Crippen molar-refractivity contribution < 1.29 is 56.9 Å². The normalized spacial score (nSPS) is 24.5. The first-order valence-corrected chi connectivity index (χ1v) is 12.5. The van der Waals surface area contributed by atoms with Crippen molar-refractivity contribution in [2.24, 2.45) is 0 Å². The lowest BCUT2D eigenvalue weighted by atomic mass is 9.87. The van der Waals surface area contributed by atoms with Crippen molar-refractivity contribution in [1.82, 2.24) is 4.90 Å². The van der Waals surface area contributed by atoms with Crippen LogP contribution in [0.2, 0.25) is 0 Å². The Kier molecular flexibility index (Phi) is 11.5. The summed E-state index contributed by atoms with van der Waals surface area (Å²) in [4.78, 5) is 2.92. The molecule has 0 radical (unpaired) electrons. The quantitative estimate of drug-likeness (QED) is 0.246. The van der Waals surface area contributed by atoms with Crippen LogP contribution < -0.4 is 48.0 Å². The van der Waals surface area contributed by atoms with Gasteiger partial charge in [-0.25, -0.2) is 0 Å². The van der Waals surface area contributed by atoms with E-state index in [-0.39, 0.29) is 48.0 Å². The second-order valence-electron chi connectivity index (χ2n) is 10.9. The van der Waals surface area contributed by atoms with Gasteiger partial charge in [0.2, 0.25) is 0 Å². The summed E-state index contributed by atoms with van der Waals surface area (Å²) in [5.74, 6) is 0. The van der Waals surface area contributed by atoms with Crippen molar-refractivity contribution in [2.45, 2.75) is 63.8 Å². The molecule has 0 saturated carbocycles. The molecule has 31 heavy (non-hydrogen) atoms. The summed E-state index contributed by atoms with van der Waals surface area (Å²) < 4.78 is 2.62. The predicted molar refractivity (Wildman–Crippen MR) is 123 cm³/mol. The van der Waals surface area contributed by atoms with E-state index in [4.69, 9.17) is 0 Å². The molecule has 0 amide bonds. The predicted octanol–water partition coefficient (Wildman–Crippen LogP) is -1.89. The summed E-state index contributed by atoms with van der Waals surface area (Å²) in [5.41, 5.74) is 3.22. The monoisotopic (exact) mass is 653 g/mol. The van der Waals surface area contributed by atoms with Crippen molar-refractivity contribution in [2.75, 3.05) is 66.5 Å². The maximum Gasteiger partial charge on any atom is 0.0913 e. The highest BCUT2D eigenvalue weighted by atomic mass is 127. The smallest absolute Gasteiger partial charge is 0.0913 e. The van der Waals surface area contributed by atoms with Crippen molar-refractivity contribution in [3.05, 3.63) is 35.4 Å². The van der Waals surface area contributed by atoms with Crippen molar-refractivity contribution >= 4 is 0 Å². The van der Waals surface area contributed by atoms with E-state index in [1.54, 1.807) is 11.1 Å². The molecule has 1 aromatic rings. The molecule has 0 bridgehead atoms. The van der Waals surface area contributed by atoms with Gasteiger partial charge < -0.3 is 56.9 Å². The first-order chi connectivity index (χ1) is 14.1. The molecule has 5 heteroatoms. The number of quaternary nitrogens is 2. The maximum atomic E-state index is 2.92. The first-order valence-electron chi connectivity index (χ1n) is 12.5. The maximum absolute atomic E-state index is 2.92. The molecule has 4 rings (SSSR count). The zero-order chi connectivity index (χ0) is 20.2. The van der Waals surface area contributed by atoms with Gasteiger partial charge in [-0.15, -0.1) is 0 Å².